The molecule has 0 N–H and O–H groups in total. The molecule has 0 radical (unpaired) electrons. The van der Waals surface area contributed by atoms with E-state index >= 15 is 0 Å². The van der Waals surface area contributed by atoms with Crippen molar-refractivity contribution in [2.75, 3.05) is 0 Å². The van der Waals surface area contributed by atoms with E-state index in [9.17, 15) is 0 Å². The Kier molecular flexibility index (Phi) is 5.68. The molecule has 3 heteroatoms. The van der Waals surface area contributed by atoms with Crippen molar-refractivity contribution in [3.63, 3.8) is 0 Å². The van der Waals surface area contributed by atoms with Crippen LogP contribution in [0.25, 0.3) is 113 Å². The number of hydrogen-bond donors (Lipinski definition) is 0. The van der Waals surface area contributed by atoms with Gasteiger partial charge in [-0.05, 0) is 70.8 Å². The standard InChI is InChI=1S/C49H28N2S/c1-2-10-31(11-3-1)48-37-23-25-45-47(46(37)36-14-4-7-15-41(36)50-48)40-26-32(22-24-44(40)52-45)29-18-20-30(21-19-29)33-27-38-34-12-5-8-16-42(34)51-43-17-9-6-13-35(43)39(28-33)49(38)51/h1-28H. The normalized spacial score (nSPS) is 12.2. The minimum Gasteiger partial charge on any atom is -0.308 e. The molecule has 0 saturated carbocycles. The molecule has 4 heterocycles. The van der Waals surface area contributed by atoms with Gasteiger partial charge in [0, 0.05) is 63.4 Å². The molecule has 12 aromatic rings. The third kappa shape index (κ3) is 3.86. The largest absolute Gasteiger partial charge is 0.308 e. The van der Waals surface area contributed by atoms with E-state index in [1.807, 2.05) is 11.3 Å². The van der Waals surface area contributed by atoms with Crippen molar-refractivity contribution in [1.29, 1.82) is 0 Å². The number of pyridine rings is 1. The molecular weight excluding hydrogens is 649 g/mol. The Balaban J connectivity index is 1.03. The SMILES string of the molecule is c1ccc(-c2nc3ccccc3c3c2ccc2sc4ccc(-c5ccc(-c6cc7c8ccccc8n8c9ccccc9c(c6)c78)cc5)cc4c23)cc1. The fourth-order valence-electron chi connectivity index (χ4n) is 8.78. The average Bonchev–Trinajstić information content (AvgIpc) is 3.87. The van der Waals surface area contributed by atoms with Crippen molar-refractivity contribution in [2.45, 2.75) is 0 Å². The lowest BCUT2D eigenvalue weighted by atomic mass is 9.94. The number of hydrogen-bond acceptors (Lipinski definition) is 2. The van der Waals surface area contributed by atoms with Crippen molar-refractivity contribution in [3.8, 4) is 33.5 Å². The van der Waals surface area contributed by atoms with Gasteiger partial charge in [-0.15, -0.1) is 11.3 Å². The molecule has 0 unspecified atom stereocenters. The molecular formula is C49H28N2S. The van der Waals surface area contributed by atoms with Gasteiger partial charge >= 0.3 is 0 Å². The van der Waals surface area contributed by atoms with E-state index in [0.717, 1.165) is 16.8 Å². The predicted molar refractivity (Wildman–Crippen MR) is 223 cm³/mol. The molecule has 0 fully saturated rings. The predicted octanol–water partition coefficient (Wildman–Crippen LogP) is 13.9. The number of fused-ring (bicyclic) bond motifs is 13. The third-order valence-electron chi connectivity index (χ3n) is 11.1. The summed E-state index contributed by atoms with van der Waals surface area (Å²) in [5, 5.41) is 11.5. The summed E-state index contributed by atoms with van der Waals surface area (Å²) >= 11 is 1.87. The molecule has 0 atom stereocenters. The summed E-state index contributed by atoms with van der Waals surface area (Å²) in [5.41, 5.74) is 12.0. The van der Waals surface area contributed by atoms with Crippen LogP contribution in [0, 0.1) is 0 Å². The number of rotatable bonds is 3. The molecule has 8 aromatic carbocycles. The zero-order valence-electron chi connectivity index (χ0n) is 28.0. The Hall–Kier alpha value is -6.55. The van der Waals surface area contributed by atoms with Crippen molar-refractivity contribution < 1.29 is 0 Å². The topological polar surface area (TPSA) is 17.3 Å². The van der Waals surface area contributed by atoms with E-state index in [2.05, 4.69) is 174 Å². The molecule has 0 aliphatic rings. The lowest BCUT2D eigenvalue weighted by Crippen LogP contribution is -1.90. The molecule has 4 aromatic heterocycles. The van der Waals surface area contributed by atoms with Crippen LogP contribution in [0.3, 0.4) is 0 Å². The smallest absolute Gasteiger partial charge is 0.0788 e. The van der Waals surface area contributed by atoms with E-state index in [0.29, 0.717) is 0 Å². The summed E-state index contributed by atoms with van der Waals surface area (Å²) in [6.45, 7) is 0. The molecule has 2 nitrogen and oxygen atoms in total. The van der Waals surface area contributed by atoms with Crippen LogP contribution < -0.4 is 0 Å². The lowest BCUT2D eigenvalue weighted by molar-refractivity contribution is 1.37. The van der Waals surface area contributed by atoms with Crippen molar-refractivity contribution in [1.82, 2.24) is 9.38 Å². The average molecular weight is 677 g/mol. The van der Waals surface area contributed by atoms with Crippen LogP contribution in [0.4, 0.5) is 0 Å². The van der Waals surface area contributed by atoms with Gasteiger partial charge in [-0.1, -0.05) is 121 Å². The van der Waals surface area contributed by atoms with Crippen LogP contribution in [0.5, 0.6) is 0 Å². The number of nitrogens with zero attached hydrogens (tertiary/aromatic N) is 2. The van der Waals surface area contributed by atoms with Crippen molar-refractivity contribution in [2.24, 2.45) is 0 Å². The molecule has 12 rings (SSSR count). The van der Waals surface area contributed by atoms with Crippen LogP contribution in [-0.2, 0) is 0 Å². The zero-order chi connectivity index (χ0) is 33.9. The van der Waals surface area contributed by atoms with Gasteiger partial charge in [0.1, 0.15) is 0 Å². The molecule has 0 aliphatic heterocycles. The minimum absolute atomic E-state index is 1.03. The minimum atomic E-state index is 1.03. The number of thiophene rings is 1. The van der Waals surface area contributed by atoms with E-state index in [1.165, 1.54) is 96.7 Å². The van der Waals surface area contributed by atoms with E-state index < -0.39 is 0 Å². The second-order valence-electron chi connectivity index (χ2n) is 13.9. The lowest BCUT2D eigenvalue weighted by Gasteiger charge is -2.12. The number of para-hydroxylation sites is 3. The Morgan fingerprint density at radius 1 is 0.365 bits per heavy atom. The summed E-state index contributed by atoms with van der Waals surface area (Å²) in [6, 6.07) is 62.3. The first-order chi connectivity index (χ1) is 25.8. The van der Waals surface area contributed by atoms with Crippen molar-refractivity contribution >= 4 is 91.3 Å². The third-order valence-corrected chi connectivity index (χ3v) is 12.2. The molecule has 0 spiro atoms. The Morgan fingerprint density at radius 2 is 0.942 bits per heavy atom. The maximum absolute atomic E-state index is 5.20. The second kappa shape index (κ2) is 10.5. The fourth-order valence-corrected chi connectivity index (χ4v) is 9.87. The van der Waals surface area contributed by atoms with Crippen molar-refractivity contribution in [3.05, 3.63) is 170 Å². The summed E-state index contributed by atoms with van der Waals surface area (Å²) in [5.74, 6) is 0. The van der Waals surface area contributed by atoms with Crippen LogP contribution in [0.1, 0.15) is 0 Å². The highest BCUT2D eigenvalue weighted by atomic mass is 32.1. The van der Waals surface area contributed by atoms with Gasteiger partial charge < -0.3 is 4.40 Å². The Labute approximate surface area is 302 Å². The van der Waals surface area contributed by atoms with E-state index in [1.54, 1.807) is 0 Å². The second-order valence-corrected chi connectivity index (χ2v) is 15.0. The van der Waals surface area contributed by atoms with Gasteiger partial charge in [0.05, 0.1) is 27.8 Å². The maximum atomic E-state index is 5.20. The van der Waals surface area contributed by atoms with Gasteiger partial charge in [-0.3, -0.25) is 0 Å². The van der Waals surface area contributed by atoms with Gasteiger partial charge in [0.25, 0.3) is 0 Å². The molecule has 0 saturated heterocycles. The molecule has 240 valence electrons. The monoisotopic (exact) mass is 676 g/mol. The van der Waals surface area contributed by atoms with Gasteiger partial charge in [0.15, 0.2) is 0 Å². The first-order valence-corrected chi connectivity index (χ1v) is 18.6. The summed E-state index contributed by atoms with van der Waals surface area (Å²) in [6.07, 6.45) is 0. The maximum Gasteiger partial charge on any atom is 0.0788 e. The fraction of sp³-hybridized carbons (Fsp3) is 0. The summed E-state index contributed by atoms with van der Waals surface area (Å²) in [4.78, 5) is 5.20. The highest BCUT2D eigenvalue weighted by Crippen LogP contribution is 2.45. The first kappa shape index (κ1) is 28.2. The van der Waals surface area contributed by atoms with E-state index in [-0.39, 0.29) is 0 Å². The van der Waals surface area contributed by atoms with Gasteiger partial charge in [-0.2, -0.15) is 0 Å². The van der Waals surface area contributed by atoms with Crippen LogP contribution in [0.15, 0.2) is 170 Å². The molecule has 52 heavy (non-hydrogen) atoms. The van der Waals surface area contributed by atoms with E-state index in [4.69, 9.17) is 4.98 Å². The quantitative estimate of drug-likeness (QED) is 0.170. The number of benzene rings is 8. The molecule has 0 amide bonds. The zero-order valence-corrected chi connectivity index (χ0v) is 28.8. The summed E-state index contributed by atoms with van der Waals surface area (Å²) < 4.78 is 5.05. The van der Waals surface area contributed by atoms with Crippen LogP contribution in [-0.4, -0.2) is 9.38 Å². The molecule has 0 bridgehead atoms. The Bertz CT molecular complexity index is 3300. The van der Waals surface area contributed by atoms with Crippen LogP contribution >= 0.6 is 11.3 Å². The van der Waals surface area contributed by atoms with Gasteiger partial charge in [-0.25, -0.2) is 4.98 Å². The van der Waals surface area contributed by atoms with Gasteiger partial charge in [0.2, 0.25) is 0 Å². The highest BCUT2D eigenvalue weighted by Gasteiger charge is 2.19. The first-order valence-electron chi connectivity index (χ1n) is 17.8. The Morgan fingerprint density at radius 3 is 1.67 bits per heavy atom. The summed E-state index contributed by atoms with van der Waals surface area (Å²) in [7, 11) is 0. The van der Waals surface area contributed by atoms with Crippen LogP contribution in [0.2, 0.25) is 0 Å². The highest BCUT2D eigenvalue weighted by molar-refractivity contribution is 7.26. The number of aromatic nitrogens is 2. The molecule has 0 aliphatic carbocycles.